The topological polar surface area (TPSA) is 50.2 Å². The predicted octanol–water partition coefficient (Wildman–Crippen LogP) is 1.75. The van der Waals surface area contributed by atoms with Crippen molar-refractivity contribution in [1.82, 2.24) is 20.0 Å². The Kier molecular flexibility index (Phi) is 5.72. The summed E-state index contributed by atoms with van der Waals surface area (Å²) in [6, 6.07) is 8.22. The zero-order valence-electron chi connectivity index (χ0n) is 13.5. The summed E-state index contributed by atoms with van der Waals surface area (Å²) in [5, 5.41) is 7.28. The number of amides is 1. The van der Waals surface area contributed by atoms with Crippen molar-refractivity contribution >= 4 is 5.91 Å². The van der Waals surface area contributed by atoms with Crippen molar-refractivity contribution in [1.29, 1.82) is 0 Å². The van der Waals surface area contributed by atoms with E-state index in [1.54, 1.807) is 11.1 Å². The van der Waals surface area contributed by atoms with Crippen LogP contribution in [0.5, 0.6) is 0 Å². The largest absolute Gasteiger partial charge is 0.340 e. The first-order chi connectivity index (χ1) is 10.6. The van der Waals surface area contributed by atoms with E-state index in [0.717, 1.165) is 13.1 Å². The van der Waals surface area contributed by atoms with Gasteiger partial charge in [0.2, 0.25) is 5.91 Å². The van der Waals surface area contributed by atoms with Crippen LogP contribution < -0.4 is 5.32 Å². The first kappa shape index (κ1) is 16.2. The maximum absolute atomic E-state index is 12.1. The Balaban J connectivity index is 1.74. The molecule has 0 atom stereocenters. The summed E-state index contributed by atoms with van der Waals surface area (Å²) >= 11 is 0. The van der Waals surface area contributed by atoms with E-state index in [9.17, 15) is 4.79 Å². The Morgan fingerprint density at radius 3 is 2.86 bits per heavy atom. The third-order valence-corrected chi connectivity index (χ3v) is 3.68. The molecule has 0 saturated carbocycles. The molecule has 2 rings (SSSR count). The number of rotatable bonds is 7. The molecule has 0 bridgehead atoms. The molecule has 1 aromatic carbocycles. The molecular weight excluding hydrogens is 276 g/mol. The summed E-state index contributed by atoms with van der Waals surface area (Å²) in [7, 11) is 1.84. The van der Waals surface area contributed by atoms with Gasteiger partial charge >= 0.3 is 0 Å². The average molecular weight is 300 g/mol. The monoisotopic (exact) mass is 300 g/mol. The van der Waals surface area contributed by atoms with Gasteiger partial charge in [-0.15, -0.1) is 0 Å². The molecule has 0 unspecified atom stereocenters. The highest BCUT2D eigenvalue weighted by atomic mass is 16.2. The number of nitrogens with one attached hydrogen (secondary N) is 1. The number of hydrogen-bond donors (Lipinski definition) is 1. The lowest BCUT2D eigenvalue weighted by Gasteiger charge is -2.19. The highest BCUT2D eigenvalue weighted by molar-refractivity contribution is 5.78. The predicted molar refractivity (Wildman–Crippen MR) is 87.5 cm³/mol. The number of aryl methyl sites for hydroxylation is 2. The molecule has 22 heavy (non-hydrogen) atoms. The van der Waals surface area contributed by atoms with E-state index in [0.29, 0.717) is 13.1 Å². The van der Waals surface area contributed by atoms with Gasteiger partial charge in [-0.05, 0) is 31.0 Å². The van der Waals surface area contributed by atoms with Crippen LogP contribution in [0, 0.1) is 13.8 Å². The second-order valence-corrected chi connectivity index (χ2v) is 5.63. The Hall–Kier alpha value is -2.14. The molecule has 0 spiro atoms. The van der Waals surface area contributed by atoms with Gasteiger partial charge in [-0.2, -0.15) is 5.10 Å². The summed E-state index contributed by atoms with van der Waals surface area (Å²) in [5.41, 5.74) is 3.67. The molecule has 2 aromatic rings. The van der Waals surface area contributed by atoms with Gasteiger partial charge in [0.1, 0.15) is 0 Å². The van der Waals surface area contributed by atoms with Gasteiger partial charge in [-0.25, -0.2) is 0 Å². The Morgan fingerprint density at radius 2 is 2.18 bits per heavy atom. The average Bonchev–Trinajstić information content (AvgIpc) is 2.99. The molecule has 0 aliphatic rings. The summed E-state index contributed by atoms with van der Waals surface area (Å²) in [6.45, 7) is 6.65. The molecule has 0 saturated heterocycles. The molecule has 0 aliphatic heterocycles. The summed E-state index contributed by atoms with van der Waals surface area (Å²) in [6.07, 6.45) is 3.67. The van der Waals surface area contributed by atoms with Crippen molar-refractivity contribution in [3.63, 3.8) is 0 Å². The number of carbonyl (C=O) groups is 1. The minimum atomic E-state index is 0.0976. The van der Waals surface area contributed by atoms with Gasteiger partial charge in [-0.1, -0.05) is 23.8 Å². The molecule has 0 radical (unpaired) electrons. The van der Waals surface area contributed by atoms with E-state index in [1.807, 2.05) is 24.0 Å². The minimum Gasteiger partial charge on any atom is -0.340 e. The number of carbonyl (C=O) groups excluding carboxylic acids is 1. The maximum Gasteiger partial charge on any atom is 0.236 e. The van der Waals surface area contributed by atoms with E-state index < -0.39 is 0 Å². The summed E-state index contributed by atoms with van der Waals surface area (Å²) in [4.78, 5) is 13.9. The second-order valence-electron chi connectivity index (χ2n) is 5.63. The fourth-order valence-corrected chi connectivity index (χ4v) is 2.32. The number of likely N-dealkylation sites (N-methyl/N-ethyl adjacent to an activating group) is 1. The molecule has 5 heteroatoms. The van der Waals surface area contributed by atoms with Gasteiger partial charge in [0.15, 0.2) is 0 Å². The normalized spacial score (nSPS) is 10.7. The van der Waals surface area contributed by atoms with Crippen molar-refractivity contribution in [2.75, 3.05) is 20.1 Å². The smallest absolute Gasteiger partial charge is 0.236 e. The Labute approximate surface area is 131 Å². The zero-order valence-corrected chi connectivity index (χ0v) is 13.5. The first-order valence-electron chi connectivity index (χ1n) is 7.54. The zero-order chi connectivity index (χ0) is 15.9. The van der Waals surface area contributed by atoms with E-state index in [-0.39, 0.29) is 5.91 Å². The van der Waals surface area contributed by atoms with E-state index in [4.69, 9.17) is 0 Å². The molecule has 1 heterocycles. The molecule has 0 fully saturated rings. The molecule has 5 nitrogen and oxygen atoms in total. The van der Waals surface area contributed by atoms with Crippen LogP contribution in [0.1, 0.15) is 16.7 Å². The van der Waals surface area contributed by atoms with Crippen LogP contribution in [0.15, 0.2) is 36.7 Å². The van der Waals surface area contributed by atoms with Crippen molar-refractivity contribution < 1.29 is 4.79 Å². The van der Waals surface area contributed by atoms with E-state index in [2.05, 4.69) is 42.5 Å². The lowest BCUT2D eigenvalue weighted by Crippen LogP contribution is -2.36. The van der Waals surface area contributed by atoms with Gasteiger partial charge < -0.3 is 10.2 Å². The van der Waals surface area contributed by atoms with Crippen LogP contribution >= 0.6 is 0 Å². The molecule has 1 N–H and O–H groups in total. The third-order valence-electron chi connectivity index (χ3n) is 3.68. The summed E-state index contributed by atoms with van der Waals surface area (Å²) in [5.74, 6) is 0.0976. The van der Waals surface area contributed by atoms with Crippen LogP contribution in [0.25, 0.3) is 0 Å². The van der Waals surface area contributed by atoms with Crippen LogP contribution in [-0.2, 0) is 17.9 Å². The lowest BCUT2D eigenvalue weighted by molar-refractivity contribution is -0.129. The van der Waals surface area contributed by atoms with Crippen LogP contribution in [-0.4, -0.2) is 40.7 Å². The standard InChI is InChI=1S/C17H24N4O/c1-14-5-6-16(15(2)11-14)13-20(3)17(22)12-18-8-10-21-9-4-7-19-21/h4-7,9,11,18H,8,10,12-13H2,1-3H3. The molecule has 0 aliphatic carbocycles. The van der Waals surface area contributed by atoms with Crippen molar-refractivity contribution in [3.8, 4) is 0 Å². The summed E-state index contributed by atoms with van der Waals surface area (Å²) < 4.78 is 1.84. The van der Waals surface area contributed by atoms with Gasteiger partial charge in [0.05, 0.1) is 13.1 Å². The lowest BCUT2D eigenvalue weighted by atomic mass is 10.1. The van der Waals surface area contributed by atoms with Gasteiger partial charge in [0.25, 0.3) is 0 Å². The first-order valence-corrected chi connectivity index (χ1v) is 7.54. The molecular formula is C17H24N4O. The van der Waals surface area contributed by atoms with E-state index in [1.165, 1.54) is 16.7 Å². The maximum atomic E-state index is 12.1. The number of nitrogens with zero attached hydrogens (tertiary/aromatic N) is 3. The third kappa shape index (κ3) is 4.70. The van der Waals surface area contributed by atoms with Crippen LogP contribution in [0.3, 0.4) is 0 Å². The van der Waals surface area contributed by atoms with Crippen molar-refractivity contribution in [2.45, 2.75) is 26.9 Å². The second kappa shape index (κ2) is 7.75. The number of aromatic nitrogens is 2. The Bertz CT molecular complexity index is 607. The number of hydrogen-bond acceptors (Lipinski definition) is 3. The highest BCUT2D eigenvalue weighted by Crippen LogP contribution is 2.12. The molecule has 1 aromatic heterocycles. The van der Waals surface area contributed by atoms with Crippen molar-refractivity contribution in [2.24, 2.45) is 0 Å². The number of benzene rings is 1. The minimum absolute atomic E-state index is 0.0976. The van der Waals surface area contributed by atoms with Crippen LogP contribution in [0.4, 0.5) is 0 Å². The quantitative estimate of drug-likeness (QED) is 0.793. The van der Waals surface area contributed by atoms with Crippen LogP contribution in [0.2, 0.25) is 0 Å². The Morgan fingerprint density at radius 1 is 1.36 bits per heavy atom. The van der Waals surface area contributed by atoms with Gasteiger partial charge in [0, 0.05) is 32.5 Å². The highest BCUT2D eigenvalue weighted by Gasteiger charge is 2.10. The SMILES string of the molecule is Cc1ccc(CN(C)C(=O)CNCCn2cccn2)c(C)c1. The molecule has 1 amide bonds. The van der Waals surface area contributed by atoms with Gasteiger partial charge in [-0.3, -0.25) is 9.48 Å². The van der Waals surface area contributed by atoms with Crippen molar-refractivity contribution in [3.05, 3.63) is 53.3 Å². The molecule has 118 valence electrons. The fraction of sp³-hybridized carbons (Fsp3) is 0.412. The fourth-order valence-electron chi connectivity index (χ4n) is 2.32. The van der Waals surface area contributed by atoms with E-state index >= 15 is 0 Å².